The summed E-state index contributed by atoms with van der Waals surface area (Å²) in [7, 11) is 4.02. The van der Waals surface area contributed by atoms with E-state index in [9.17, 15) is 4.79 Å². The summed E-state index contributed by atoms with van der Waals surface area (Å²) in [5.74, 6) is -0.211. The number of carboxylic acid groups (broad SMARTS) is 1. The molecule has 0 spiro atoms. The molecule has 1 N–H and O–H groups in total. The van der Waals surface area contributed by atoms with Gasteiger partial charge in [0, 0.05) is 19.6 Å². The van der Waals surface area contributed by atoms with Crippen LogP contribution in [0.2, 0.25) is 0 Å². The average molecular weight is 230 g/mol. The zero-order valence-electron chi connectivity index (χ0n) is 11.2. The van der Waals surface area contributed by atoms with E-state index in [2.05, 4.69) is 23.6 Å². The van der Waals surface area contributed by atoms with Crippen LogP contribution >= 0.6 is 0 Å². The minimum Gasteiger partial charge on any atom is -0.480 e. The second-order valence-electron chi connectivity index (χ2n) is 4.95. The Morgan fingerprint density at radius 1 is 1.25 bits per heavy atom. The zero-order chi connectivity index (χ0) is 12.7. The van der Waals surface area contributed by atoms with Gasteiger partial charge in [-0.15, -0.1) is 0 Å². The van der Waals surface area contributed by atoms with Crippen molar-refractivity contribution in [1.82, 2.24) is 9.80 Å². The maximum Gasteiger partial charge on any atom is 0.320 e. The summed E-state index contributed by atoms with van der Waals surface area (Å²) in [5.41, 5.74) is 0. The maximum absolute atomic E-state index is 11.1. The average Bonchev–Trinajstić information content (AvgIpc) is 2.13. The molecule has 0 saturated carbocycles. The first kappa shape index (κ1) is 15.4. The fourth-order valence-corrected chi connectivity index (χ4v) is 1.76. The summed E-state index contributed by atoms with van der Waals surface area (Å²) in [5, 5.41) is 9.17. The first-order valence-corrected chi connectivity index (χ1v) is 6.00. The van der Waals surface area contributed by atoms with E-state index in [1.807, 2.05) is 21.0 Å². The number of carbonyl (C=O) groups is 1. The van der Waals surface area contributed by atoms with Crippen LogP contribution in [0.25, 0.3) is 0 Å². The van der Waals surface area contributed by atoms with Gasteiger partial charge in [-0.1, -0.05) is 20.8 Å². The van der Waals surface area contributed by atoms with Crippen LogP contribution in [0.5, 0.6) is 0 Å². The predicted molar refractivity (Wildman–Crippen MR) is 66.7 cm³/mol. The van der Waals surface area contributed by atoms with E-state index in [4.69, 9.17) is 5.11 Å². The molecule has 0 fully saturated rings. The zero-order valence-corrected chi connectivity index (χ0v) is 11.2. The van der Waals surface area contributed by atoms with Crippen molar-refractivity contribution in [2.45, 2.75) is 33.2 Å². The molecule has 1 unspecified atom stereocenters. The number of carboxylic acids is 1. The molecule has 4 nitrogen and oxygen atoms in total. The standard InChI is InChI=1S/C12H26N2O2/c1-6-11(12(15)16)14(9-10(2)3)8-7-13(4)5/h10-11H,6-9H2,1-5H3,(H,15,16). The van der Waals surface area contributed by atoms with Gasteiger partial charge in [-0.05, 0) is 26.4 Å². The highest BCUT2D eigenvalue weighted by Gasteiger charge is 2.23. The van der Waals surface area contributed by atoms with Gasteiger partial charge >= 0.3 is 5.97 Å². The molecule has 0 bridgehead atoms. The van der Waals surface area contributed by atoms with Crippen LogP contribution in [0, 0.1) is 5.92 Å². The summed E-state index contributed by atoms with van der Waals surface area (Å²) in [6, 6.07) is -0.345. The second kappa shape index (κ2) is 7.63. The summed E-state index contributed by atoms with van der Waals surface area (Å²) >= 11 is 0. The minimum atomic E-state index is -0.707. The summed E-state index contributed by atoms with van der Waals surface area (Å²) < 4.78 is 0. The van der Waals surface area contributed by atoms with Gasteiger partial charge in [-0.2, -0.15) is 0 Å². The van der Waals surface area contributed by atoms with Gasteiger partial charge < -0.3 is 10.0 Å². The van der Waals surface area contributed by atoms with Gasteiger partial charge in [0.15, 0.2) is 0 Å². The Labute approximate surface area is 99.2 Å². The third-order valence-electron chi connectivity index (χ3n) is 2.55. The Morgan fingerprint density at radius 3 is 2.12 bits per heavy atom. The summed E-state index contributed by atoms with van der Waals surface area (Å²) in [4.78, 5) is 15.3. The van der Waals surface area contributed by atoms with E-state index >= 15 is 0 Å². The molecule has 0 rings (SSSR count). The molecular formula is C12H26N2O2. The number of likely N-dealkylation sites (N-methyl/N-ethyl adjacent to an activating group) is 1. The van der Waals surface area contributed by atoms with Crippen LogP contribution in [0.15, 0.2) is 0 Å². The second-order valence-corrected chi connectivity index (χ2v) is 4.95. The van der Waals surface area contributed by atoms with E-state index in [1.165, 1.54) is 0 Å². The van der Waals surface area contributed by atoms with E-state index < -0.39 is 5.97 Å². The largest absolute Gasteiger partial charge is 0.480 e. The van der Waals surface area contributed by atoms with E-state index in [1.54, 1.807) is 0 Å². The molecular weight excluding hydrogens is 204 g/mol. The van der Waals surface area contributed by atoms with Crippen molar-refractivity contribution in [2.75, 3.05) is 33.7 Å². The first-order valence-electron chi connectivity index (χ1n) is 6.00. The molecule has 0 aromatic rings. The molecule has 0 aromatic heterocycles. The Bertz CT molecular complexity index is 205. The van der Waals surface area contributed by atoms with Crippen molar-refractivity contribution in [1.29, 1.82) is 0 Å². The van der Waals surface area contributed by atoms with Gasteiger partial charge in [0.25, 0.3) is 0 Å². The van der Waals surface area contributed by atoms with Crippen LogP contribution in [-0.4, -0.2) is 60.6 Å². The molecule has 16 heavy (non-hydrogen) atoms. The Hall–Kier alpha value is -0.610. The molecule has 96 valence electrons. The molecule has 0 radical (unpaired) electrons. The molecule has 0 aliphatic heterocycles. The van der Waals surface area contributed by atoms with E-state index in [0.717, 1.165) is 19.6 Å². The molecule has 0 aliphatic carbocycles. The number of rotatable bonds is 8. The normalized spacial score (nSPS) is 13.8. The van der Waals surface area contributed by atoms with Crippen molar-refractivity contribution >= 4 is 5.97 Å². The summed E-state index contributed by atoms with van der Waals surface area (Å²) in [6.45, 7) is 8.74. The molecule has 0 saturated heterocycles. The quantitative estimate of drug-likeness (QED) is 0.684. The molecule has 1 atom stereocenters. The summed E-state index contributed by atoms with van der Waals surface area (Å²) in [6.07, 6.45) is 0.662. The van der Waals surface area contributed by atoms with E-state index in [-0.39, 0.29) is 6.04 Å². The molecule has 0 aromatic carbocycles. The Balaban J connectivity index is 4.43. The fourth-order valence-electron chi connectivity index (χ4n) is 1.76. The van der Waals surface area contributed by atoms with Crippen LogP contribution < -0.4 is 0 Å². The smallest absolute Gasteiger partial charge is 0.320 e. The first-order chi connectivity index (χ1) is 7.38. The lowest BCUT2D eigenvalue weighted by Crippen LogP contribution is -2.45. The third-order valence-corrected chi connectivity index (χ3v) is 2.55. The van der Waals surface area contributed by atoms with Crippen molar-refractivity contribution in [3.63, 3.8) is 0 Å². The molecule has 0 aliphatic rings. The topological polar surface area (TPSA) is 43.8 Å². The number of aliphatic carboxylic acids is 1. The van der Waals surface area contributed by atoms with Crippen LogP contribution in [-0.2, 0) is 4.79 Å². The lowest BCUT2D eigenvalue weighted by atomic mass is 10.1. The van der Waals surface area contributed by atoms with Gasteiger partial charge in [-0.3, -0.25) is 9.69 Å². The number of hydrogen-bond donors (Lipinski definition) is 1. The highest BCUT2D eigenvalue weighted by molar-refractivity contribution is 5.73. The molecule has 4 heteroatoms. The number of nitrogens with zero attached hydrogens (tertiary/aromatic N) is 2. The predicted octanol–water partition coefficient (Wildman–Crippen LogP) is 1.37. The van der Waals surface area contributed by atoms with Crippen molar-refractivity contribution in [2.24, 2.45) is 5.92 Å². The van der Waals surface area contributed by atoms with Crippen LogP contribution in [0.4, 0.5) is 0 Å². The van der Waals surface area contributed by atoms with Crippen LogP contribution in [0.1, 0.15) is 27.2 Å². The van der Waals surface area contributed by atoms with Gasteiger partial charge in [-0.25, -0.2) is 0 Å². The van der Waals surface area contributed by atoms with Crippen LogP contribution in [0.3, 0.4) is 0 Å². The van der Waals surface area contributed by atoms with Gasteiger partial charge in [0.1, 0.15) is 6.04 Å². The van der Waals surface area contributed by atoms with Crippen molar-refractivity contribution in [3.8, 4) is 0 Å². The monoisotopic (exact) mass is 230 g/mol. The SMILES string of the molecule is CCC(C(=O)O)N(CCN(C)C)CC(C)C. The molecule has 0 amide bonds. The Morgan fingerprint density at radius 2 is 1.81 bits per heavy atom. The fraction of sp³-hybridized carbons (Fsp3) is 0.917. The Kier molecular flexibility index (Phi) is 7.34. The lowest BCUT2D eigenvalue weighted by molar-refractivity contribution is -0.143. The van der Waals surface area contributed by atoms with Crippen molar-refractivity contribution in [3.05, 3.63) is 0 Å². The highest BCUT2D eigenvalue weighted by Crippen LogP contribution is 2.08. The number of hydrogen-bond acceptors (Lipinski definition) is 3. The highest BCUT2D eigenvalue weighted by atomic mass is 16.4. The van der Waals surface area contributed by atoms with Gasteiger partial charge in [0.05, 0.1) is 0 Å². The van der Waals surface area contributed by atoms with E-state index in [0.29, 0.717) is 12.3 Å². The van der Waals surface area contributed by atoms with Crippen molar-refractivity contribution < 1.29 is 9.90 Å². The van der Waals surface area contributed by atoms with Gasteiger partial charge in [0.2, 0.25) is 0 Å². The third kappa shape index (κ3) is 6.08. The maximum atomic E-state index is 11.1. The minimum absolute atomic E-state index is 0.345. The lowest BCUT2D eigenvalue weighted by Gasteiger charge is -2.30. The molecule has 0 heterocycles.